The molecule has 0 bridgehead atoms. The van der Waals surface area contributed by atoms with Gasteiger partial charge < -0.3 is 4.79 Å². The van der Waals surface area contributed by atoms with E-state index < -0.39 is 0 Å². The number of fused-ring (bicyclic) bond motifs is 5. The standard InChI is InChI=1S/C19H24O3/c1-19-8-2-3-14(19)13-6-4-11-5-7-15(21)18(22)17(11)16(13)12(9-19)10-20/h5,7,10-14,16-17H,2-4,6,8-9H2,1H3/t11?,12-,13+,14+,16+,17+,19+/m1/s1. The van der Waals surface area contributed by atoms with E-state index in [-0.39, 0.29) is 40.7 Å². The summed E-state index contributed by atoms with van der Waals surface area (Å²) in [6.07, 6.45) is 11.2. The summed E-state index contributed by atoms with van der Waals surface area (Å²) in [7, 11) is 0. The topological polar surface area (TPSA) is 51.2 Å². The van der Waals surface area contributed by atoms with E-state index >= 15 is 0 Å². The molecule has 0 heterocycles. The maximum absolute atomic E-state index is 12.5. The van der Waals surface area contributed by atoms with Crippen molar-refractivity contribution >= 4 is 17.9 Å². The van der Waals surface area contributed by atoms with E-state index in [1.165, 1.54) is 25.3 Å². The maximum atomic E-state index is 12.5. The van der Waals surface area contributed by atoms with Gasteiger partial charge in [-0.25, -0.2) is 0 Å². The van der Waals surface area contributed by atoms with E-state index in [4.69, 9.17) is 0 Å². The van der Waals surface area contributed by atoms with Gasteiger partial charge in [0.15, 0.2) is 0 Å². The van der Waals surface area contributed by atoms with Crippen LogP contribution in [-0.2, 0) is 14.4 Å². The number of Topliss-reactive ketones (excluding diaryl/α,β-unsaturated/α-hetero) is 1. The number of allylic oxidation sites excluding steroid dienone is 2. The molecule has 0 radical (unpaired) electrons. The number of hydrogen-bond donors (Lipinski definition) is 0. The Kier molecular flexibility index (Phi) is 3.18. The zero-order chi connectivity index (χ0) is 15.5. The third-order valence-corrected chi connectivity index (χ3v) is 7.29. The summed E-state index contributed by atoms with van der Waals surface area (Å²) < 4.78 is 0. The molecule has 3 fully saturated rings. The van der Waals surface area contributed by atoms with E-state index in [0.717, 1.165) is 25.5 Å². The fraction of sp³-hybridized carbons (Fsp3) is 0.737. The second kappa shape index (κ2) is 4.87. The number of rotatable bonds is 1. The van der Waals surface area contributed by atoms with Gasteiger partial charge in [0.25, 0.3) is 0 Å². The van der Waals surface area contributed by atoms with Gasteiger partial charge in [0, 0.05) is 11.8 Å². The molecule has 0 saturated heterocycles. The molecule has 4 aliphatic rings. The van der Waals surface area contributed by atoms with Crippen LogP contribution in [-0.4, -0.2) is 17.9 Å². The Morgan fingerprint density at radius 2 is 2.05 bits per heavy atom. The van der Waals surface area contributed by atoms with Crippen LogP contribution < -0.4 is 0 Å². The molecule has 4 rings (SSSR count). The lowest BCUT2D eigenvalue weighted by molar-refractivity contribution is -0.148. The highest BCUT2D eigenvalue weighted by Gasteiger charge is 2.58. The van der Waals surface area contributed by atoms with Crippen molar-refractivity contribution < 1.29 is 14.4 Å². The summed E-state index contributed by atoms with van der Waals surface area (Å²) in [4.78, 5) is 36.2. The Morgan fingerprint density at radius 1 is 1.23 bits per heavy atom. The van der Waals surface area contributed by atoms with Crippen LogP contribution in [0.2, 0.25) is 0 Å². The first-order valence-electron chi connectivity index (χ1n) is 8.77. The van der Waals surface area contributed by atoms with Crippen LogP contribution in [0.25, 0.3) is 0 Å². The second-order valence-electron chi connectivity index (χ2n) is 8.25. The van der Waals surface area contributed by atoms with E-state index in [2.05, 4.69) is 6.92 Å². The molecule has 0 aliphatic heterocycles. The molecule has 1 unspecified atom stereocenters. The lowest BCUT2D eigenvalue weighted by Gasteiger charge is -2.55. The zero-order valence-electron chi connectivity index (χ0n) is 13.2. The lowest BCUT2D eigenvalue weighted by atomic mass is 9.48. The molecule has 3 nitrogen and oxygen atoms in total. The normalized spacial score (nSPS) is 50.2. The quantitative estimate of drug-likeness (QED) is 0.552. The van der Waals surface area contributed by atoms with Gasteiger partial charge in [-0.1, -0.05) is 19.4 Å². The van der Waals surface area contributed by atoms with Crippen molar-refractivity contribution in [1.82, 2.24) is 0 Å². The second-order valence-corrected chi connectivity index (χ2v) is 8.25. The Balaban J connectivity index is 1.75. The molecule has 118 valence electrons. The molecule has 22 heavy (non-hydrogen) atoms. The summed E-state index contributed by atoms with van der Waals surface area (Å²) in [5.74, 6) is 0.539. The molecule has 0 N–H and O–H groups in total. The first-order chi connectivity index (χ1) is 10.5. The molecule has 0 aromatic heterocycles. The van der Waals surface area contributed by atoms with Crippen LogP contribution in [0.3, 0.4) is 0 Å². The molecule has 4 aliphatic carbocycles. The SMILES string of the molecule is C[C@@]12CCC[C@H]1[C@@H]1CCC3C=CC(=O)C(=O)[C@@H]3[C@H]1[C@@H](C=O)C2. The first kappa shape index (κ1) is 14.3. The molecule has 0 amide bonds. The van der Waals surface area contributed by atoms with Gasteiger partial charge >= 0.3 is 0 Å². The third kappa shape index (κ3) is 1.83. The summed E-state index contributed by atoms with van der Waals surface area (Å²) in [5.41, 5.74) is 0.275. The Labute approximate surface area is 131 Å². The molecule has 3 saturated carbocycles. The monoisotopic (exact) mass is 300 g/mol. The van der Waals surface area contributed by atoms with E-state index in [0.29, 0.717) is 11.8 Å². The molecular formula is C19H24O3. The molecule has 0 aromatic carbocycles. The average molecular weight is 300 g/mol. The molecule has 3 heteroatoms. The van der Waals surface area contributed by atoms with E-state index in [1.54, 1.807) is 0 Å². The van der Waals surface area contributed by atoms with Gasteiger partial charge in [0.2, 0.25) is 11.6 Å². The van der Waals surface area contributed by atoms with Crippen molar-refractivity contribution in [2.45, 2.75) is 45.4 Å². The van der Waals surface area contributed by atoms with Gasteiger partial charge in [-0.2, -0.15) is 0 Å². The van der Waals surface area contributed by atoms with Crippen molar-refractivity contribution in [2.24, 2.45) is 40.9 Å². The predicted molar refractivity (Wildman–Crippen MR) is 82.0 cm³/mol. The van der Waals surface area contributed by atoms with Gasteiger partial charge in [0.05, 0.1) is 0 Å². The highest BCUT2D eigenvalue weighted by Crippen LogP contribution is 2.62. The van der Waals surface area contributed by atoms with Crippen molar-refractivity contribution in [2.75, 3.05) is 0 Å². The predicted octanol–water partition coefficient (Wildman–Crippen LogP) is 2.98. The van der Waals surface area contributed by atoms with E-state index in [9.17, 15) is 14.4 Å². The zero-order valence-corrected chi connectivity index (χ0v) is 13.2. The van der Waals surface area contributed by atoms with Crippen LogP contribution in [0.5, 0.6) is 0 Å². The van der Waals surface area contributed by atoms with Crippen LogP contribution in [0.15, 0.2) is 12.2 Å². The Bertz CT molecular complexity index is 563. The Hall–Kier alpha value is -1.25. The van der Waals surface area contributed by atoms with Crippen LogP contribution >= 0.6 is 0 Å². The highest BCUT2D eigenvalue weighted by atomic mass is 16.2. The molecule has 0 aromatic rings. The maximum Gasteiger partial charge on any atom is 0.221 e. The van der Waals surface area contributed by atoms with Gasteiger partial charge in [-0.05, 0) is 67.3 Å². The van der Waals surface area contributed by atoms with Crippen molar-refractivity contribution in [3.05, 3.63) is 12.2 Å². The van der Waals surface area contributed by atoms with Crippen LogP contribution in [0.4, 0.5) is 0 Å². The minimum Gasteiger partial charge on any atom is -0.303 e. The molecule has 7 atom stereocenters. The fourth-order valence-electron chi connectivity index (χ4n) is 6.46. The third-order valence-electron chi connectivity index (χ3n) is 7.29. The summed E-state index contributed by atoms with van der Waals surface area (Å²) in [6.45, 7) is 2.34. The highest BCUT2D eigenvalue weighted by molar-refractivity contribution is 6.43. The summed E-state index contributed by atoms with van der Waals surface area (Å²) >= 11 is 0. The first-order valence-corrected chi connectivity index (χ1v) is 8.77. The minimum atomic E-state index is -0.355. The minimum absolute atomic E-state index is 0.0413. The fourth-order valence-corrected chi connectivity index (χ4v) is 6.46. The lowest BCUT2D eigenvalue weighted by Crippen LogP contribution is -2.54. The molecular weight excluding hydrogens is 276 g/mol. The van der Waals surface area contributed by atoms with Gasteiger partial charge in [-0.15, -0.1) is 0 Å². The van der Waals surface area contributed by atoms with Gasteiger partial charge in [-0.3, -0.25) is 9.59 Å². The van der Waals surface area contributed by atoms with Crippen molar-refractivity contribution in [1.29, 1.82) is 0 Å². The van der Waals surface area contributed by atoms with Crippen LogP contribution in [0.1, 0.15) is 45.4 Å². The summed E-state index contributed by atoms with van der Waals surface area (Å²) in [6, 6.07) is 0. The Morgan fingerprint density at radius 3 is 2.82 bits per heavy atom. The number of carbonyl (C=O) groups excluding carboxylic acids is 3. The van der Waals surface area contributed by atoms with Gasteiger partial charge in [0.1, 0.15) is 6.29 Å². The molecule has 0 spiro atoms. The van der Waals surface area contributed by atoms with Crippen LogP contribution in [0, 0.1) is 40.9 Å². The summed E-state index contributed by atoms with van der Waals surface area (Å²) in [5, 5.41) is 0. The number of ketones is 2. The average Bonchev–Trinajstić information content (AvgIpc) is 2.91. The number of carbonyl (C=O) groups is 3. The number of hydrogen-bond acceptors (Lipinski definition) is 3. The van der Waals surface area contributed by atoms with E-state index in [1.807, 2.05) is 6.08 Å². The number of aldehydes is 1. The largest absolute Gasteiger partial charge is 0.303 e. The van der Waals surface area contributed by atoms with Crippen molar-refractivity contribution in [3.63, 3.8) is 0 Å². The smallest absolute Gasteiger partial charge is 0.221 e. The van der Waals surface area contributed by atoms with Crippen molar-refractivity contribution in [3.8, 4) is 0 Å².